The van der Waals surface area contributed by atoms with Gasteiger partial charge in [0.15, 0.2) is 0 Å². The van der Waals surface area contributed by atoms with Gasteiger partial charge >= 0.3 is 0 Å². The fourth-order valence-corrected chi connectivity index (χ4v) is 2.19. The molecule has 1 aromatic rings. The lowest BCUT2D eigenvalue weighted by molar-refractivity contribution is 0.635. The van der Waals surface area contributed by atoms with Crippen LogP contribution in [-0.4, -0.2) is 16.7 Å². The van der Waals surface area contributed by atoms with E-state index in [1.54, 1.807) is 0 Å². The van der Waals surface area contributed by atoms with Crippen LogP contribution >= 0.6 is 0 Å². The van der Waals surface area contributed by atoms with Gasteiger partial charge in [-0.1, -0.05) is 13.8 Å². The maximum Gasteiger partial charge on any atom is 0.148 e. The van der Waals surface area contributed by atoms with E-state index in [1.807, 2.05) is 0 Å². The highest BCUT2D eigenvalue weighted by Crippen LogP contribution is 2.33. The number of rotatable bonds is 4. The smallest absolute Gasteiger partial charge is 0.148 e. The van der Waals surface area contributed by atoms with Crippen LogP contribution in [0.2, 0.25) is 0 Å². The van der Waals surface area contributed by atoms with Crippen LogP contribution in [0.4, 0.5) is 5.82 Å². The van der Waals surface area contributed by atoms with Gasteiger partial charge in [0.25, 0.3) is 0 Å². The highest BCUT2D eigenvalue weighted by Gasteiger charge is 2.23. The Balaban J connectivity index is 2.14. The number of hydrogen-bond acceptors (Lipinski definition) is 3. The largest absolute Gasteiger partial charge is 0.369 e. The number of aromatic nitrogens is 2. The van der Waals surface area contributed by atoms with E-state index in [2.05, 4.69) is 35.4 Å². The zero-order valence-corrected chi connectivity index (χ0v) is 9.58. The summed E-state index contributed by atoms with van der Waals surface area (Å²) in [7, 11) is 0. The molecular formula is C12H19N3. The van der Waals surface area contributed by atoms with E-state index < -0.39 is 0 Å². The molecule has 0 saturated heterocycles. The summed E-state index contributed by atoms with van der Waals surface area (Å²) in [6, 6.07) is 2.17. The Kier molecular flexibility index (Phi) is 3.19. The Hall–Kier alpha value is -1.12. The van der Waals surface area contributed by atoms with E-state index in [0.29, 0.717) is 5.92 Å². The predicted molar refractivity (Wildman–Crippen MR) is 62.2 cm³/mol. The second-order valence-electron chi connectivity index (χ2n) is 4.21. The van der Waals surface area contributed by atoms with E-state index in [1.165, 1.54) is 30.5 Å². The van der Waals surface area contributed by atoms with E-state index in [4.69, 9.17) is 0 Å². The summed E-state index contributed by atoms with van der Waals surface area (Å²) in [5, 5.41) is 11.9. The fraction of sp³-hybridized carbons (Fsp3) is 0.667. The summed E-state index contributed by atoms with van der Waals surface area (Å²) in [6.07, 6.45) is 4.72. The van der Waals surface area contributed by atoms with Crippen molar-refractivity contribution in [2.75, 3.05) is 11.9 Å². The predicted octanol–water partition coefficient (Wildman–Crippen LogP) is 2.74. The minimum absolute atomic E-state index is 0.646. The van der Waals surface area contributed by atoms with E-state index in [9.17, 15) is 0 Å². The van der Waals surface area contributed by atoms with E-state index >= 15 is 0 Å². The molecular weight excluding hydrogens is 186 g/mol. The lowest BCUT2D eigenvalue weighted by Crippen LogP contribution is -2.05. The van der Waals surface area contributed by atoms with E-state index in [0.717, 1.165) is 18.8 Å². The standard InChI is InChI=1S/C12H19N3/c1-3-7-13-11-8-10-6-5-9(4-2)12(10)15-14-11/h8-9H,3-7H2,1-2H3,(H,13,14). The zero-order valence-electron chi connectivity index (χ0n) is 9.58. The molecule has 1 aliphatic rings. The minimum atomic E-state index is 0.646. The van der Waals surface area contributed by atoms with Gasteiger partial charge in [0.2, 0.25) is 0 Å². The van der Waals surface area contributed by atoms with Crippen molar-refractivity contribution in [3.63, 3.8) is 0 Å². The second kappa shape index (κ2) is 4.60. The van der Waals surface area contributed by atoms with Crippen LogP contribution in [0, 0.1) is 0 Å². The highest BCUT2D eigenvalue weighted by molar-refractivity contribution is 5.41. The molecule has 1 aliphatic carbocycles. The first-order valence-corrected chi connectivity index (χ1v) is 5.95. The second-order valence-corrected chi connectivity index (χ2v) is 4.21. The Morgan fingerprint density at radius 1 is 1.40 bits per heavy atom. The Bertz CT molecular complexity index is 336. The van der Waals surface area contributed by atoms with Crippen molar-refractivity contribution in [1.82, 2.24) is 10.2 Å². The van der Waals surface area contributed by atoms with Gasteiger partial charge in [-0.05, 0) is 37.3 Å². The Labute approximate surface area is 91.3 Å². The summed E-state index contributed by atoms with van der Waals surface area (Å²) in [4.78, 5) is 0. The summed E-state index contributed by atoms with van der Waals surface area (Å²) < 4.78 is 0. The van der Waals surface area contributed by atoms with Crippen molar-refractivity contribution >= 4 is 5.82 Å². The average Bonchev–Trinajstić information content (AvgIpc) is 2.68. The molecule has 1 unspecified atom stereocenters. The van der Waals surface area contributed by atoms with Gasteiger partial charge in [-0.3, -0.25) is 0 Å². The molecule has 2 rings (SSSR count). The van der Waals surface area contributed by atoms with Crippen LogP contribution in [0.25, 0.3) is 0 Å². The van der Waals surface area contributed by atoms with Crippen molar-refractivity contribution < 1.29 is 0 Å². The molecule has 0 fully saturated rings. The van der Waals surface area contributed by atoms with Crippen LogP contribution in [0.1, 0.15) is 50.3 Å². The maximum atomic E-state index is 4.35. The minimum Gasteiger partial charge on any atom is -0.369 e. The molecule has 1 N–H and O–H groups in total. The van der Waals surface area contributed by atoms with Crippen molar-refractivity contribution in [2.24, 2.45) is 0 Å². The Morgan fingerprint density at radius 2 is 2.27 bits per heavy atom. The molecule has 3 nitrogen and oxygen atoms in total. The van der Waals surface area contributed by atoms with Gasteiger partial charge in [0, 0.05) is 12.5 Å². The molecule has 0 bridgehead atoms. The molecule has 0 radical (unpaired) electrons. The SMILES string of the molecule is CCCNc1cc2c(nn1)C(CC)CC2. The topological polar surface area (TPSA) is 37.8 Å². The summed E-state index contributed by atoms with van der Waals surface area (Å²) in [5.41, 5.74) is 2.63. The first-order chi connectivity index (χ1) is 7.35. The van der Waals surface area contributed by atoms with Gasteiger partial charge in [0.05, 0.1) is 5.69 Å². The summed E-state index contributed by atoms with van der Waals surface area (Å²) >= 11 is 0. The van der Waals surface area contributed by atoms with Crippen LogP contribution in [0.3, 0.4) is 0 Å². The van der Waals surface area contributed by atoms with Crippen LogP contribution in [-0.2, 0) is 6.42 Å². The molecule has 0 saturated carbocycles. The van der Waals surface area contributed by atoms with Gasteiger partial charge < -0.3 is 5.32 Å². The molecule has 0 aromatic carbocycles. The molecule has 0 aliphatic heterocycles. The molecule has 15 heavy (non-hydrogen) atoms. The fourth-order valence-electron chi connectivity index (χ4n) is 2.19. The van der Waals surface area contributed by atoms with Gasteiger partial charge in [-0.15, -0.1) is 5.10 Å². The van der Waals surface area contributed by atoms with Crippen molar-refractivity contribution in [3.8, 4) is 0 Å². The van der Waals surface area contributed by atoms with Crippen molar-refractivity contribution in [2.45, 2.75) is 45.4 Å². The van der Waals surface area contributed by atoms with E-state index in [-0.39, 0.29) is 0 Å². The quantitative estimate of drug-likeness (QED) is 0.821. The van der Waals surface area contributed by atoms with Crippen LogP contribution in [0.5, 0.6) is 0 Å². The highest BCUT2D eigenvalue weighted by atomic mass is 15.2. The Morgan fingerprint density at radius 3 is 3.00 bits per heavy atom. The summed E-state index contributed by atoms with van der Waals surface area (Å²) in [5.74, 6) is 1.58. The lowest BCUT2D eigenvalue weighted by Gasteiger charge is -2.07. The van der Waals surface area contributed by atoms with Gasteiger partial charge in [0.1, 0.15) is 5.82 Å². The molecule has 1 aromatic heterocycles. The molecule has 1 atom stereocenters. The number of anilines is 1. The first-order valence-electron chi connectivity index (χ1n) is 5.95. The van der Waals surface area contributed by atoms with Crippen LogP contribution in [0.15, 0.2) is 6.07 Å². The molecule has 0 amide bonds. The van der Waals surface area contributed by atoms with Crippen LogP contribution < -0.4 is 5.32 Å². The third-order valence-corrected chi connectivity index (χ3v) is 3.10. The van der Waals surface area contributed by atoms with Gasteiger partial charge in [-0.2, -0.15) is 5.10 Å². The number of hydrogen-bond donors (Lipinski definition) is 1. The average molecular weight is 205 g/mol. The number of fused-ring (bicyclic) bond motifs is 1. The monoisotopic (exact) mass is 205 g/mol. The number of nitrogens with one attached hydrogen (secondary N) is 1. The van der Waals surface area contributed by atoms with Gasteiger partial charge in [-0.25, -0.2) is 0 Å². The summed E-state index contributed by atoms with van der Waals surface area (Å²) in [6.45, 7) is 5.36. The van der Waals surface area contributed by atoms with Crippen molar-refractivity contribution in [1.29, 1.82) is 0 Å². The molecule has 0 spiro atoms. The third kappa shape index (κ3) is 2.11. The maximum absolute atomic E-state index is 4.35. The zero-order chi connectivity index (χ0) is 10.7. The van der Waals surface area contributed by atoms with Crippen molar-refractivity contribution in [3.05, 3.63) is 17.3 Å². The first kappa shape index (κ1) is 10.4. The molecule has 3 heteroatoms. The lowest BCUT2D eigenvalue weighted by atomic mass is 10.0. The third-order valence-electron chi connectivity index (χ3n) is 3.10. The normalized spacial score (nSPS) is 18.9. The molecule has 82 valence electrons. The number of nitrogens with zero attached hydrogens (tertiary/aromatic N) is 2. The molecule has 1 heterocycles. The number of aryl methyl sites for hydroxylation is 1.